The fourth-order valence-electron chi connectivity index (χ4n) is 3.18. The van der Waals surface area contributed by atoms with Crippen LogP contribution in [0.15, 0.2) is 89.7 Å². The van der Waals surface area contributed by atoms with Crippen LogP contribution in [0.2, 0.25) is 0 Å². The minimum absolute atomic E-state index is 0.102. The number of esters is 1. The maximum absolute atomic E-state index is 12.9. The molecule has 3 aromatic carbocycles. The smallest absolute Gasteiger partial charge is 0.318 e. The number of nitrogens with zero attached hydrogens (tertiary/aromatic N) is 1. The van der Waals surface area contributed by atoms with E-state index < -0.39 is 11.9 Å². The molecule has 4 rings (SSSR count). The van der Waals surface area contributed by atoms with Crippen LogP contribution in [-0.2, 0) is 16.1 Å². The summed E-state index contributed by atoms with van der Waals surface area (Å²) in [5.41, 5.74) is 2.01. The lowest BCUT2D eigenvalue weighted by atomic mass is 9.91. The first-order valence-electron chi connectivity index (χ1n) is 8.97. The molecule has 0 saturated heterocycles. The van der Waals surface area contributed by atoms with Gasteiger partial charge in [0.15, 0.2) is 0 Å². The zero-order valence-corrected chi connectivity index (χ0v) is 15.0. The fraction of sp³-hybridized carbons (Fsp3) is 0.0870. The summed E-state index contributed by atoms with van der Waals surface area (Å²) in [6.07, 6.45) is 0. The Kier molecular flexibility index (Phi) is 4.97. The molecular weight excluding hydrogens is 352 g/mol. The summed E-state index contributed by atoms with van der Waals surface area (Å²) in [5, 5.41) is 0.504. The number of nitrogens with one attached hydrogen (secondary N) is 1. The molecule has 0 unspecified atom stereocenters. The van der Waals surface area contributed by atoms with Gasteiger partial charge in [-0.25, -0.2) is 4.98 Å². The Bertz CT molecular complexity index is 1120. The first-order valence-corrected chi connectivity index (χ1v) is 8.97. The molecule has 0 radical (unpaired) electrons. The highest BCUT2D eigenvalue weighted by atomic mass is 16.5. The van der Waals surface area contributed by atoms with Gasteiger partial charge in [-0.2, -0.15) is 0 Å². The van der Waals surface area contributed by atoms with Crippen molar-refractivity contribution in [2.75, 3.05) is 0 Å². The van der Waals surface area contributed by atoms with Crippen LogP contribution in [0.25, 0.3) is 10.9 Å². The molecule has 0 atom stereocenters. The zero-order valence-electron chi connectivity index (χ0n) is 15.0. The Hall–Kier alpha value is -3.73. The predicted molar refractivity (Wildman–Crippen MR) is 107 cm³/mol. The Labute approximate surface area is 161 Å². The molecule has 5 nitrogen and oxygen atoms in total. The number of fused-ring (bicyclic) bond motifs is 1. The first kappa shape index (κ1) is 17.7. The van der Waals surface area contributed by atoms with E-state index in [0.717, 1.165) is 11.1 Å². The van der Waals surface area contributed by atoms with Crippen LogP contribution in [0.5, 0.6) is 0 Å². The lowest BCUT2D eigenvalue weighted by Crippen LogP contribution is -2.19. The Balaban J connectivity index is 1.59. The molecule has 0 amide bonds. The number of aromatic nitrogens is 2. The van der Waals surface area contributed by atoms with Crippen LogP contribution in [0.4, 0.5) is 0 Å². The second kappa shape index (κ2) is 7.88. The third kappa shape index (κ3) is 3.69. The van der Waals surface area contributed by atoms with E-state index in [-0.39, 0.29) is 12.2 Å². The Morgan fingerprint density at radius 1 is 0.857 bits per heavy atom. The van der Waals surface area contributed by atoms with E-state index in [1.54, 1.807) is 18.2 Å². The van der Waals surface area contributed by atoms with Gasteiger partial charge < -0.3 is 9.72 Å². The number of para-hydroxylation sites is 1. The van der Waals surface area contributed by atoms with Gasteiger partial charge in [-0.15, -0.1) is 0 Å². The topological polar surface area (TPSA) is 72.0 Å². The molecule has 0 fully saturated rings. The first-order chi connectivity index (χ1) is 13.7. The largest absolute Gasteiger partial charge is 0.457 e. The Morgan fingerprint density at radius 2 is 1.43 bits per heavy atom. The lowest BCUT2D eigenvalue weighted by Gasteiger charge is -2.17. The second-order valence-electron chi connectivity index (χ2n) is 6.39. The summed E-state index contributed by atoms with van der Waals surface area (Å²) >= 11 is 0. The summed E-state index contributed by atoms with van der Waals surface area (Å²) in [5.74, 6) is -0.625. The molecule has 0 aliphatic rings. The monoisotopic (exact) mass is 370 g/mol. The second-order valence-corrected chi connectivity index (χ2v) is 6.39. The summed E-state index contributed by atoms with van der Waals surface area (Å²) in [6.45, 7) is -0.102. The number of rotatable bonds is 5. The molecule has 28 heavy (non-hydrogen) atoms. The van der Waals surface area contributed by atoms with Crippen molar-refractivity contribution in [2.45, 2.75) is 12.5 Å². The number of ether oxygens (including phenoxy) is 1. The maximum atomic E-state index is 12.9. The summed E-state index contributed by atoms with van der Waals surface area (Å²) in [7, 11) is 0. The Morgan fingerprint density at radius 3 is 2.07 bits per heavy atom. The van der Waals surface area contributed by atoms with Gasteiger partial charge in [0, 0.05) is 0 Å². The van der Waals surface area contributed by atoms with E-state index in [0.29, 0.717) is 16.7 Å². The maximum Gasteiger partial charge on any atom is 0.318 e. The van der Waals surface area contributed by atoms with Crippen LogP contribution in [0, 0.1) is 0 Å². The van der Waals surface area contributed by atoms with Crippen molar-refractivity contribution < 1.29 is 9.53 Å². The summed E-state index contributed by atoms with van der Waals surface area (Å²) < 4.78 is 5.53. The van der Waals surface area contributed by atoms with Gasteiger partial charge in [0.2, 0.25) is 0 Å². The number of hydrogen-bond acceptors (Lipinski definition) is 4. The minimum atomic E-state index is -0.547. The summed E-state index contributed by atoms with van der Waals surface area (Å²) in [6, 6.07) is 26.0. The van der Waals surface area contributed by atoms with Gasteiger partial charge in [-0.1, -0.05) is 72.8 Å². The number of hydrogen-bond donors (Lipinski definition) is 1. The van der Waals surface area contributed by atoms with Crippen LogP contribution >= 0.6 is 0 Å². The van der Waals surface area contributed by atoms with Crippen LogP contribution in [0.3, 0.4) is 0 Å². The van der Waals surface area contributed by atoms with Crippen molar-refractivity contribution in [1.82, 2.24) is 9.97 Å². The zero-order chi connectivity index (χ0) is 19.3. The van der Waals surface area contributed by atoms with E-state index in [1.165, 1.54) is 0 Å². The van der Waals surface area contributed by atoms with Crippen molar-refractivity contribution in [2.24, 2.45) is 0 Å². The fourth-order valence-corrected chi connectivity index (χ4v) is 3.18. The van der Waals surface area contributed by atoms with E-state index in [2.05, 4.69) is 9.97 Å². The van der Waals surface area contributed by atoms with Crippen molar-refractivity contribution >= 4 is 16.9 Å². The molecule has 0 bridgehead atoms. The number of benzene rings is 3. The highest BCUT2D eigenvalue weighted by molar-refractivity contribution is 5.82. The number of carbonyl (C=O) groups excluding carboxylic acids is 1. The van der Waals surface area contributed by atoms with E-state index in [9.17, 15) is 9.59 Å². The minimum Gasteiger partial charge on any atom is -0.457 e. The van der Waals surface area contributed by atoms with Gasteiger partial charge in [-0.05, 0) is 23.3 Å². The summed E-state index contributed by atoms with van der Waals surface area (Å²) in [4.78, 5) is 32.2. The van der Waals surface area contributed by atoms with Crippen LogP contribution in [-0.4, -0.2) is 15.9 Å². The van der Waals surface area contributed by atoms with Crippen molar-refractivity contribution in [3.8, 4) is 0 Å². The third-order valence-corrected chi connectivity index (χ3v) is 4.51. The highest BCUT2D eigenvalue weighted by Crippen LogP contribution is 2.26. The van der Waals surface area contributed by atoms with Crippen LogP contribution < -0.4 is 5.56 Å². The number of carbonyl (C=O) groups is 1. The quantitative estimate of drug-likeness (QED) is 0.543. The average Bonchev–Trinajstić information content (AvgIpc) is 2.74. The number of aromatic amines is 1. The molecule has 0 spiro atoms. The lowest BCUT2D eigenvalue weighted by molar-refractivity contribution is -0.146. The molecule has 1 aromatic heterocycles. The standard InChI is InChI=1S/C23H18N2O3/c26-22-18-13-7-8-14-19(18)24-20(25-22)15-28-23(27)21(16-9-3-1-4-10-16)17-11-5-2-6-12-17/h1-14,21H,15H2,(H,24,25,26). The van der Waals surface area contributed by atoms with Crippen molar-refractivity contribution in [3.63, 3.8) is 0 Å². The molecule has 4 aromatic rings. The van der Waals surface area contributed by atoms with Gasteiger partial charge in [0.1, 0.15) is 18.3 Å². The van der Waals surface area contributed by atoms with Gasteiger partial charge in [0.05, 0.1) is 10.9 Å². The highest BCUT2D eigenvalue weighted by Gasteiger charge is 2.24. The average molecular weight is 370 g/mol. The molecule has 0 aliphatic carbocycles. The van der Waals surface area contributed by atoms with Gasteiger partial charge in [-0.3, -0.25) is 9.59 Å². The van der Waals surface area contributed by atoms with Gasteiger partial charge >= 0.3 is 5.97 Å². The molecule has 5 heteroatoms. The predicted octanol–water partition coefficient (Wildman–Crippen LogP) is 3.80. The normalized spacial score (nSPS) is 10.9. The SMILES string of the molecule is O=C(OCc1nc2ccccc2c(=O)[nH]1)C(c1ccccc1)c1ccccc1. The molecule has 0 aliphatic heterocycles. The van der Waals surface area contributed by atoms with Gasteiger partial charge in [0.25, 0.3) is 5.56 Å². The molecule has 0 saturated carbocycles. The van der Waals surface area contributed by atoms with E-state index >= 15 is 0 Å². The van der Waals surface area contributed by atoms with Crippen LogP contribution in [0.1, 0.15) is 22.9 Å². The molecule has 1 heterocycles. The molecule has 1 N–H and O–H groups in total. The third-order valence-electron chi connectivity index (χ3n) is 4.51. The van der Waals surface area contributed by atoms with E-state index in [4.69, 9.17) is 4.74 Å². The number of H-pyrrole nitrogens is 1. The van der Waals surface area contributed by atoms with Crippen molar-refractivity contribution in [3.05, 3.63) is 112 Å². The van der Waals surface area contributed by atoms with Crippen molar-refractivity contribution in [1.29, 1.82) is 0 Å². The van der Waals surface area contributed by atoms with E-state index in [1.807, 2.05) is 66.7 Å². The molecular formula is C23H18N2O3. The molecule has 138 valence electrons.